The number of rotatable bonds is 12. The highest BCUT2D eigenvalue weighted by Crippen LogP contribution is 2.47. The average Bonchev–Trinajstić information content (AvgIpc) is 3.54. The minimum atomic E-state index is -0.473. The van der Waals surface area contributed by atoms with Gasteiger partial charge in [0.25, 0.3) is 5.91 Å². The number of ether oxygens (including phenoxy) is 2. The summed E-state index contributed by atoms with van der Waals surface area (Å²) in [6, 6.07) is 30.7. The van der Waals surface area contributed by atoms with Crippen LogP contribution in [0.2, 0.25) is 0 Å². The lowest BCUT2D eigenvalue weighted by atomic mass is 9.69. The lowest BCUT2D eigenvalue weighted by molar-refractivity contribution is -0.135. The molecule has 2 aliphatic heterocycles. The number of amides is 3. The third kappa shape index (κ3) is 8.14. The molecule has 3 heterocycles. The number of piperidine rings is 1. The van der Waals surface area contributed by atoms with E-state index in [4.69, 9.17) is 9.47 Å². The minimum Gasteiger partial charge on any atom is -0.508 e. The van der Waals surface area contributed by atoms with Crippen LogP contribution in [-0.2, 0) is 27.9 Å². The predicted molar refractivity (Wildman–Crippen MR) is 213 cm³/mol. The summed E-state index contributed by atoms with van der Waals surface area (Å²) in [5.41, 5.74) is 6.57. The second kappa shape index (κ2) is 16.6. The molecule has 11 heteroatoms. The van der Waals surface area contributed by atoms with Gasteiger partial charge in [0.05, 0.1) is 23.7 Å². The van der Waals surface area contributed by atoms with Crippen LogP contribution in [0.25, 0.3) is 10.9 Å². The summed E-state index contributed by atoms with van der Waals surface area (Å²) in [5.74, 6) is 1.26. The van der Waals surface area contributed by atoms with Gasteiger partial charge in [0.15, 0.2) is 6.61 Å². The Morgan fingerprint density at radius 1 is 0.839 bits per heavy atom. The van der Waals surface area contributed by atoms with Crippen molar-refractivity contribution in [1.82, 2.24) is 24.9 Å². The zero-order valence-corrected chi connectivity index (χ0v) is 31.9. The fraction of sp³-hybridized carbons (Fsp3) is 0.378. The Hall–Kier alpha value is -5.68. The zero-order valence-electron chi connectivity index (χ0n) is 31.9. The largest absolute Gasteiger partial charge is 0.508 e. The van der Waals surface area contributed by atoms with E-state index >= 15 is 0 Å². The monoisotopic (exact) mass is 755 g/mol. The van der Waals surface area contributed by atoms with Crippen molar-refractivity contribution in [2.75, 3.05) is 45.9 Å². The van der Waals surface area contributed by atoms with E-state index in [-0.39, 0.29) is 30.2 Å². The number of nitrogens with zero attached hydrogens (tertiary/aromatic N) is 4. The topological polar surface area (TPSA) is 126 Å². The summed E-state index contributed by atoms with van der Waals surface area (Å²) in [6.45, 7) is 4.55. The first kappa shape index (κ1) is 37.3. The Morgan fingerprint density at radius 3 is 2.41 bits per heavy atom. The van der Waals surface area contributed by atoms with Crippen LogP contribution in [0.15, 0.2) is 91.0 Å². The summed E-state index contributed by atoms with van der Waals surface area (Å²) in [5, 5.41) is 18.0. The summed E-state index contributed by atoms with van der Waals surface area (Å²) in [6.07, 6.45) is 4.67. The third-order valence-corrected chi connectivity index (χ3v) is 11.7. The van der Waals surface area contributed by atoms with Crippen molar-refractivity contribution < 1.29 is 29.0 Å². The van der Waals surface area contributed by atoms with Crippen LogP contribution in [0.4, 0.5) is 0 Å². The lowest BCUT2D eigenvalue weighted by Crippen LogP contribution is -2.50. The fourth-order valence-electron chi connectivity index (χ4n) is 8.70. The van der Waals surface area contributed by atoms with Gasteiger partial charge in [0.1, 0.15) is 17.2 Å². The van der Waals surface area contributed by atoms with Gasteiger partial charge in [-0.1, -0.05) is 48.5 Å². The van der Waals surface area contributed by atoms with E-state index in [0.29, 0.717) is 55.6 Å². The van der Waals surface area contributed by atoms with E-state index in [1.54, 1.807) is 10.7 Å². The van der Waals surface area contributed by atoms with Crippen LogP contribution in [0.1, 0.15) is 77.8 Å². The van der Waals surface area contributed by atoms with Gasteiger partial charge in [-0.3, -0.25) is 29.3 Å². The molecule has 5 aromatic rings. The van der Waals surface area contributed by atoms with E-state index in [2.05, 4.69) is 76.0 Å². The number of imide groups is 1. The fourth-order valence-corrected chi connectivity index (χ4v) is 8.70. The van der Waals surface area contributed by atoms with Crippen LogP contribution in [0, 0.1) is 0 Å². The molecule has 290 valence electrons. The van der Waals surface area contributed by atoms with Crippen LogP contribution < -0.4 is 14.8 Å². The number of carbonyl (C=O) groups is 3. The number of piperazine rings is 1. The summed E-state index contributed by atoms with van der Waals surface area (Å²) >= 11 is 0. The van der Waals surface area contributed by atoms with Crippen LogP contribution >= 0.6 is 0 Å². The van der Waals surface area contributed by atoms with Crippen molar-refractivity contribution in [3.63, 3.8) is 0 Å². The number of aryl methyl sites for hydroxylation is 2. The van der Waals surface area contributed by atoms with Crippen LogP contribution in [0.5, 0.6) is 17.2 Å². The van der Waals surface area contributed by atoms with Gasteiger partial charge in [0.2, 0.25) is 11.8 Å². The number of unbranched alkanes of at least 4 members (excludes halogenated alkanes) is 1. The number of aromatic nitrogens is 2. The molecule has 3 aliphatic rings. The molecule has 3 amide bonds. The van der Waals surface area contributed by atoms with Gasteiger partial charge in [-0.2, -0.15) is 5.10 Å². The van der Waals surface area contributed by atoms with Crippen molar-refractivity contribution in [3.8, 4) is 17.2 Å². The minimum absolute atomic E-state index is 0.0408. The molecule has 2 N–H and O–H groups in total. The number of hydrogen-bond donors (Lipinski definition) is 2. The van der Waals surface area contributed by atoms with Crippen molar-refractivity contribution in [2.24, 2.45) is 7.05 Å². The maximum atomic E-state index is 13.0. The normalized spacial score (nSPS) is 20.1. The quantitative estimate of drug-likeness (QED) is 0.117. The molecular weight excluding hydrogens is 707 g/mol. The second-order valence-corrected chi connectivity index (χ2v) is 15.2. The molecule has 2 saturated heterocycles. The highest BCUT2D eigenvalue weighted by atomic mass is 16.5. The second-order valence-electron chi connectivity index (χ2n) is 15.2. The van der Waals surface area contributed by atoms with E-state index in [1.165, 1.54) is 22.3 Å². The van der Waals surface area contributed by atoms with Crippen molar-refractivity contribution >= 4 is 28.6 Å². The van der Waals surface area contributed by atoms with Crippen LogP contribution in [0.3, 0.4) is 0 Å². The molecule has 0 spiro atoms. The molecule has 2 fully saturated rings. The lowest BCUT2D eigenvalue weighted by Gasteiger charge is -2.35. The summed E-state index contributed by atoms with van der Waals surface area (Å²) in [7, 11) is 1.81. The van der Waals surface area contributed by atoms with Gasteiger partial charge in [0, 0.05) is 57.0 Å². The first-order valence-electron chi connectivity index (χ1n) is 19.8. The standard InChI is InChI=1S/C45H49N5O6/c1-48-40-28-35(15-18-38(40)44(47-48)39-19-20-41(52)46-45(39)54)56-29-42(53)50-24-22-49(23-25-50)21-5-6-26-55-34-13-9-31(10-14-34)43-36(30-7-3-2-4-8-30)16-11-32-27-33(51)12-17-37(32)43/h2-4,7-10,12-15,17-18,27-28,36,39,43,51H,5-6,11,16,19-26,29H2,1H3,(H,46,52,54)/t36-,39?,43+/m1/s1. The molecule has 1 unspecified atom stereocenters. The number of hydrogen-bond acceptors (Lipinski definition) is 8. The molecule has 0 bridgehead atoms. The van der Waals surface area contributed by atoms with Crippen molar-refractivity contribution in [1.29, 1.82) is 0 Å². The van der Waals surface area contributed by atoms with Gasteiger partial charge < -0.3 is 19.5 Å². The number of benzene rings is 4. The smallest absolute Gasteiger partial charge is 0.260 e. The molecule has 3 atom stereocenters. The van der Waals surface area contributed by atoms with Gasteiger partial charge >= 0.3 is 0 Å². The third-order valence-electron chi connectivity index (χ3n) is 11.7. The molecule has 1 aliphatic carbocycles. The number of phenols is 1. The average molecular weight is 756 g/mol. The number of nitrogens with one attached hydrogen (secondary N) is 1. The summed E-state index contributed by atoms with van der Waals surface area (Å²) in [4.78, 5) is 41.4. The van der Waals surface area contributed by atoms with E-state index in [9.17, 15) is 19.5 Å². The van der Waals surface area contributed by atoms with Crippen LogP contribution in [-0.4, -0.2) is 88.3 Å². The van der Waals surface area contributed by atoms with Crippen molar-refractivity contribution in [3.05, 3.63) is 119 Å². The number of aromatic hydroxyl groups is 1. The Bertz CT molecular complexity index is 2190. The highest BCUT2D eigenvalue weighted by Gasteiger charge is 2.33. The predicted octanol–water partition coefficient (Wildman–Crippen LogP) is 6.04. The molecule has 8 rings (SSSR count). The molecule has 0 radical (unpaired) electrons. The SMILES string of the molecule is Cn1nc(C2CCC(=O)NC2=O)c2ccc(OCC(=O)N3CCN(CCCCOc4ccc([C@@H]5c6ccc(O)cc6CC[C@@H]5c5ccccc5)cc4)CC3)cc21. The Balaban J connectivity index is 0.765. The first-order valence-corrected chi connectivity index (χ1v) is 19.8. The zero-order chi connectivity index (χ0) is 38.6. The molecule has 11 nitrogen and oxygen atoms in total. The van der Waals surface area contributed by atoms with Gasteiger partial charge in [-0.05, 0) is 103 Å². The Labute approximate surface area is 327 Å². The maximum absolute atomic E-state index is 13.0. The van der Waals surface area contributed by atoms with E-state index < -0.39 is 5.92 Å². The number of fused-ring (bicyclic) bond motifs is 2. The van der Waals surface area contributed by atoms with Crippen molar-refractivity contribution in [2.45, 2.75) is 56.3 Å². The van der Waals surface area contributed by atoms with Gasteiger partial charge in [-0.25, -0.2) is 0 Å². The van der Waals surface area contributed by atoms with E-state index in [1.807, 2.05) is 36.2 Å². The first-order chi connectivity index (χ1) is 27.3. The van der Waals surface area contributed by atoms with E-state index in [0.717, 1.165) is 62.0 Å². The number of phenolic OH excluding ortho intramolecular Hbond substituents is 1. The highest BCUT2D eigenvalue weighted by molar-refractivity contribution is 6.02. The summed E-state index contributed by atoms with van der Waals surface area (Å²) < 4.78 is 13.8. The molecule has 4 aromatic carbocycles. The Morgan fingerprint density at radius 2 is 1.62 bits per heavy atom. The molecule has 1 aromatic heterocycles. The molecule has 56 heavy (non-hydrogen) atoms. The van der Waals surface area contributed by atoms with Gasteiger partial charge in [-0.15, -0.1) is 0 Å². The molecule has 0 saturated carbocycles. The maximum Gasteiger partial charge on any atom is 0.260 e. The number of carbonyl (C=O) groups excluding carboxylic acids is 3. The Kier molecular flexibility index (Phi) is 11.0. The molecular formula is C45H49N5O6.